The molecule has 1 aromatic heterocycles. The lowest BCUT2D eigenvalue weighted by Gasteiger charge is -1.90. The van der Waals surface area contributed by atoms with E-state index in [-0.39, 0.29) is 0 Å². The van der Waals surface area contributed by atoms with Crippen molar-refractivity contribution in [2.24, 2.45) is 0 Å². The Balaban J connectivity index is 2.50. The van der Waals surface area contributed by atoms with Gasteiger partial charge in [0.05, 0.1) is 11.8 Å². The summed E-state index contributed by atoms with van der Waals surface area (Å²) in [6.45, 7) is 1.71. The third kappa shape index (κ3) is 4.23. The lowest BCUT2D eigenvalue weighted by atomic mass is 10.3. The van der Waals surface area contributed by atoms with Crippen molar-refractivity contribution in [1.29, 1.82) is 0 Å². The molecular weight excluding hydrogens is 162 g/mol. The maximum absolute atomic E-state index is 8.91. The van der Waals surface area contributed by atoms with Crippen LogP contribution in [0.2, 0.25) is 0 Å². The number of hydrogen-bond donors (Lipinski definition) is 1. The van der Waals surface area contributed by atoms with Gasteiger partial charge < -0.3 is 5.11 Å². The largest absolute Gasteiger partial charge is 0.389 e. The molecule has 68 valence electrons. The van der Waals surface area contributed by atoms with Crippen LogP contribution in [0, 0.1) is 0 Å². The van der Waals surface area contributed by atoms with Crippen LogP contribution in [0.4, 0.5) is 0 Å². The zero-order valence-corrected chi connectivity index (χ0v) is 7.59. The molecule has 2 heteroatoms. The molecular formula is C11H13NO. The van der Waals surface area contributed by atoms with Gasteiger partial charge in [-0.25, -0.2) is 0 Å². The SMILES string of the molecule is C[C@@H](O)/C=C\C=C\c1ccccn1. The fraction of sp³-hybridized carbons (Fsp3) is 0.182. The summed E-state index contributed by atoms with van der Waals surface area (Å²) >= 11 is 0. The molecule has 0 saturated carbocycles. The Bertz CT molecular complexity index is 288. The summed E-state index contributed by atoms with van der Waals surface area (Å²) in [7, 11) is 0. The number of allylic oxidation sites excluding steroid dienone is 2. The maximum Gasteiger partial charge on any atom is 0.0695 e. The number of aromatic nitrogens is 1. The Kier molecular flexibility index (Phi) is 3.93. The summed E-state index contributed by atoms with van der Waals surface area (Å²) in [6.07, 6.45) is 8.61. The third-order valence-electron chi connectivity index (χ3n) is 1.46. The number of aliphatic hydroxyl groups excluding tert-OH is 1. The highest BCUT2D eigenvalue weighted by Gasteiger charge is 1.83. The van der Waals surface area contributed by atoms with Crippen molar-refractivity contribution >= 4 is 6.08 Å². The summed E-state index contributed by atoms with van der Waals surface area (Å²) in [5.74, 6) is 0. The quantitative estimate of drug-likeness (QED) is 0.713. The van der Waals surface area contributed by atoms with Gasteiger partial charge in [-0.05, 0) is 25.1 Å². The van der Waals surface area contributed by atoms with E-state index in [1.54, 1.807) is 25.3 Å². The molecule has 0 bridgehead atoms. The molecule has 0 saturated heterocycles. The van der Waals surface area contributed by atoms with Gasteiger partial charge in [0.15, 0.2) is 0 Å². The van der Waals surface area contributed by atoms with Crippen molar-refractivity contribution in [2.45, 2.75) is 13.0 Å². The van der Waals surface area contributed by atoms with Crippen molar-refractivity contribution in [2.75, 3.05) is 0 Å². The standard InChI is InChI=1S/C11H13NO/c1-10(13)6-2-3-7-11-8-4-5-9-12-11/h2-10,13H,1H3/b6-2-,7-3+/t10-/m1/s1. The minimum Gasteiger partial charge on any atom is -0.389 e. The molecule has 13 heavy (non-hydrogen) atoms. The smallest absolute Gasteiger partial charge is 0.0695 e. The Hall–Kier alpha value is -1.41. The van der Waals surface area contributed by atoms with Crippen molar-refractivity contribution < 1.29 is 5.11 Å². The van der Waals surface area contributed by atoms with E-state index < -0.39 is 6.10 Å². The second kappa shape index (κ2) is 5.27. The molecule has 0 aliphatic rings. The first kappa shape index (κ1) is 9.68. The molecule has 0 aromatic carbocycles. The number of rotatable bonds is 3. The lowest BCUT2D eigenvalue weighted by Crippen LogP contribution is -1.90. The van der Waals surface area contributed by atoms with Crippen LogP contribution in [0.15, 0.2) is 42.6 Å². The van der Waals surface area contributed by atoms with Crippen LogP contribution in [0.5, 0.6) is 0 Å². The minimum atomic E-state index is -0.395. The summed E-state index contributed by atoms with van der Waals surface area (Å²) in [6, 6.07) is 5.74. The molecule has 0 aliphatic carbocycles. The highest BCUT2D eigenvalue weighted by Crippen LogP contribution is 1.96. The molecule has 0 amide bonds. The molecule has 1 N–H and O–H groups in total. The Morgan fingerprint density at radius 2 is 2.23 bits per heavy atom. The first-order valence-corrected chi connectivity index (χ1v) is 4.23. The Morgan fingerprint density at radius 3 is 2.85 bits per heavy atom. The van der Waals surface area contributed by atoms with Gasteiger partial charge in [-0.15, -0.1) is 0 Å². The second-order valence-corrected chi connectivity index (χ2v) is 2.74. The predicted octanol–water partition coefficient (Wildman–Crippen LogP) is 2.03. The summed E-state index contributed by atoms with van der Waals surface area (Å²) in [4.78, 5) is 4.11. The van der Waals surface area contributed by atoms with E-state index in [1.807, 2.05) is 30.4 Å². The summed E-state index contributed by atoms with van der Waals surface area (Å²) in [5.41, 5.74) is 0.915. The number of nitrogens with zero attached hydrogens (tertiary/aromatic N) is 1. The van der Waals surface area contributed by atoms with E-state index in [4.69, 9.17) is 5.11 Å². The van der Waals surface area contributed by atoms with Gasteiger partial charge >= 0.3 is 0 Å². The monoisotopic (exact) mass is 175 g/mol. The molecule has 0 radical (unpaired) electrons. The van der Waals surface area contributed by atoms with E-state index in [2.05, 4.69) is 4.98 Å². The van der Waals surface area contributed by atoms with Crippen LogP contribution in [-0.4, -0.2) is 16.2 Å². The molecule has 1 atom stereocenters. The average Bonchev–Trinajstić information content (AvgIpc) is 2.14. The van der Waals surface area contributed by atoms with E-state index in [0.717, 1.165) is 5.69 Å². The van der Waals surface area contributed by atoms with Crippen LogP contribution in [0.25, 0.3) is 6.08 Å². The molecule has 0 fully saturated rings. The van der Waals surface area contributed by atoms with Gasteiger partial charge in [-0.2, -0.15) is 0 Å². The number of hydrogen-bond acceptors (Lipinski definition) is 2. The summed E-state index contributed by atoms with van der Waals surface area (Å²) < 4.78 is 0. The lowest BCUT2D eigenvalue weighted by molar-refractivity contribution is 0.244. The topological polar surface area (TPSA) is 33.1 Å². The summed E-state index contributed by atoms with van der Waals surface area (Å²) in [5, 5.41) is 8.91. The highest BCUT2D eigenvalue weighted by molar-refractivity contribution is 5.46. The first-order chi connectivity index (χ1) is 6.29. The highest BCUT2D eigenvalue weighted by atomic mass is 16.3. The van der Waals surface area contributed by atoms with Crippen molar-refractivity contribution in [3.63, 3.8) is 0 Å². The van der Waals surface area contributed by atoms with Crippen molar-refractivity contribution in [3.8, 4) is 0 Å². The predicted molar refractivity (Wildman–Crippen MR) is 54.1 cm³/mol. The van der Waals surface area contributed by atoms with Crippen LogP contribution in [0.1, 0.15) is 12.6 Å². The molecule has 0 spiro atoms. The molecule has 1 rings (SSSR count). The average molecular weight is 175 g/mol. The maximum atomic E-state index is 8.91. The van der Waals surface area contributed by atoms with Crippen LogP contribution in [-0.2, 0) is 0 Å². The normalized spacial score (nSPS) is 14.0. The van der Waals surface area contributed by atoms with Gasteiger partial charge in [0, 0.05) is 6.20 Å². The Morgan fingerprint density at radius 1 is 1.38 bits per heavy atom. The van der Waals surface area contributed by atoms with Crippen molar-refractivity contribution in [3.05, 3.63) is 48.3 Å². The second-order valence-electron chi connectivity index (χ2n) is 2.74. The fourth-order valence-corrected chi connectivity index (χ4v) is 0.854. The molecule has 0 unspecified atom stereocenters. The Labute approximate surface area is 78.3 Å². The fourth-order valence-electron chi connectivity index (χ4n) is 0.854. The van der Waals surface area contributed by atoms with E-state index in [0.29, 0.717) is 0 Å². The zero-order chi connectivity index (χ0) is 9.52. The van der Waals surface area contributed by atoms with Gasteiger partial charge in [0.2, 0.25) is 0 Å². The minimum absolute atomic E-state index is 0.395. The van der Waals surface area contributed by atoms with Gasteiger partial charge in [0.25, 0.3) is 0 Å². The molecule has 0 aliphatic heterocycles. The van der Waals surface area contributed by atoms with Gasteiger partial charge in [-0.1, -0.05) is 24.3 Å². The van der Waals surface area contributed by atoms with E-state index >= 15 is 0 Å². The van der Waals surface area contributed by atoms with Gasteiger partial charge in [0.1, 0.15) is 0 Å². The van der Waals surface area contributed by atoms with Crippen molar-refractivity contribution in [1.82, 2.24) is 4.98 Å². The van der Waals surface area contributed by atoms with E-state index in [1.165, 1.54) is 0 Å². The van der Waals surface area contributed by atoms with Crippen LogP contribution in [0.3, 0.4) is 0 Å². The molecule has 1 heterocycles. The van der Waals surface area contributed by atoms with Crippen LogP contribution >= 0.6 is 0 Å². The number of aliphatic hydroxyl groups is 1. The molecule has 1 aromatic rings. The van der Waals surface area contributed by atoms with Crippen LogP contribution < -0.4 is 0 Å². The third-order valence-corrected chi connectivity index (χ3v) is 1.46. The van der Waals surface area contributed by atoms with Gasteiger partial charge in [-0.3, -0.25) is 4.98 Å². The van der Waals surface area contributed by atoms with E-state index in [9.17, 15) is 0 Å². The number of pyridine rings is 1. The molecule has 2 nitrogen and oxygen atoms in total. The zero-order valence-electron chi connectivity index (χ0n) is 7.59. The first-order valence-electron chi connectivity index (χ1n) is 4.23.